The Balaban J connectivity index is 2.09. The molecule has 1 aromatic rings. The standard InChI is InChI=1S/C12H15ClN2OS/c13-9-4-1-5-10(11(9)12(14)15)17-7-8-3-2-6-16-8/h1,4-5,8H,2-3,6-7H2,(H3,14,15). The molecule has 1 saturated heterocycles. The van der Waals surface area contributed by atoms with Crippen LogP contribution in [0.2, 0.25) is 5.02 Å². The minimum absolute atomic E-state index is 0.0189. The molecular weight excluding hydrogens is 256 g/mol. The molecule has 1 aliphatic rings. The molecule has 0 bridgehead atoms. The Bertz CT molecular complexity index is 419. The van der Waals surface area contributed by atoms with Crippen molar-refractivity contribution in [2.75, 3.05) is 12.4 Å². The number of amidine groups is 1. The van der Waals surface area contributed by atoms with E-state index < -0.39 is 0 Å². The summed E-state index contributed by atoms with van der Waals surface area (Å²) in [5.74, 6) is 0.908. The first-order valence-corrected chi connectivity index (χ1v) is 6.92. The molecule has 0 spiro atoms. The number of thioether (sulfide) groups is 1. The molecule has 3 nitrogen and oxygen atoms in total. The molecular formula is C12H15ClN2OS. The third-order valence-corrected chi connectivity index (χ3v) is 4.20. The molecule has 3 N–H and O–H groups in total. The summed E-state index contributed by atoms with van der Waals surface area (Å²) in [5.41, 5.74) is 6.19. The molecule has 0 radical (unpaired) electrons. The summed E-state index contributed by atoms with van der Waals surface area (Å²) >= 11 is 7.71. The number of benzene rings is 1. The predicted octanol–water partition coefficient (Wildman–Crippen LogP) is 2.90. The maximum Gasteiger partial charge on any atom is 0.125 e. The number of ether oxygens (including phenoxy) is 1. The molecule has 2 rings (SSSR count). The first-order chi connectivity index (χ1) is 8.18. The van der Waals surface area contributed by atoms with Gasteiger partial charge in [-0.15, -0.1) is 11.8 Å². The Kier molecular flexibility index (Phi) is 4.31. The van der Waals surface area contributed by atoms with Crippen molar-refractivity contribution in [3.8, 4) is 0 Å². The first kappa shape index (κ1) is 12.7. The summed E-state index contributed by atoms with van der Waals surface area (Å²) in [7, 11) is 0. The Morgan fingerprint density at radius 2 is 2.41 bits per heavy atom. The fourth-order valence-electron chi connectivity index (χ4n) is 1.84. The lowest BCUT2D eigenvalue weighted by atomic mass is 10.2. The van der Waals surface area contributed by atoms with Gasteiger partial charge in [0.25, 0.3) is 0 Å². The van der Waals surface area contributed by atoms with Crippen LogP contribution in [0.25, 0.3) is 0 Å². The summed E-state index contributed by atoms with van der Waals surface area (Å²) in [6.45, 7) is 0.861. The van der Waals surface area contributed by atoms with Gasteiger partial charge in [0, 0.05) is 22.8 Å². The molecule has 1 heterocycles. The Labute approximate surface area is 110 Å². The SMILES string of the molecule is N=C(N)c1c(Cl)cccc1SCC1CCCO1. The van der Waals surface area contributed by atoms with Gasteiger partial charge in [-0.3, -0.25) is 5.41 Å². The van der Waals surface area contributed by atoms with E-state index in [-0.39, 0.29) is 5.84 Å². The Morgan fingerprint density at radius 1 is 1.59 bits per heavy atom. The molecule has 0 amide bonds. The second-order valence-electron chi connectivity index (χ2n) is 3.97. The van der Waals surface area contributed by atoms with Gasteiger partial charge >= 0.3 is 0 Å². The largest absolute Gasteiger partial charge is 0.384 e. The van der Waals surface area contributed by atoms with E-state index in [1.54, 1.807) is 17.8 Å². The number of rotatable bonds is 4. The van der Waals surface area contributed by atoms with Crippen molar-refractivity contribution in [1.82, 2.24) is 0 Å². The van der Waals surface area contributed by atoms with Crippen LogP contribution in [0.1, 0.15) is 18.4 Å². The number of hydrogen-bond donors (Lipinski definition) is 2. The Morgan fingerprint density at radius 3 is 3.06 bits per heavy atom. The van der Waals surface area contributed by atoms with Gasteiger partial charge in [0.2, 0.25) is 0 Å². The lowest BCUT2D eigenvalue weighted by Crippen LogP contribution is -2.14. The normalized spacial score (nSPS) is 19.5. The van der Waals surface area contributed by atoms with Crippen LogP contribution in [0.5, 0.6) is 0 Å². The minimum atomic E-state index is 0.0189. The van der Waals surface area contributed by atoms with E-state index in [2.05, 4.69) is 0 Å². The smallest absolute Gasteiger partial charge is 0.125 e. The van der Waals surface area contributed by atoms with Crippen molar-refractivity contribution >= 4 is 29.2 Å². The highest BCUT2D eigenvalue weighted by Crippen LogP contribution is 2.30. The molecule has 1 aliphatic heterocycles. The Hall–Kier alpha value is -0.710. The van der Waals surface area contributed by atoms with Crippen molar-refractivity contribution in [2.24, 2.45) is 5.73 Å². The molecule has 0 aromatic heterocycles. The second kappa shape index (κ2) is 5.76. The van der Waals surface area contributed by atoms with Gasteiger partial charge < -0.3 is 10.5 Å². The van der Waals surface area contributed by atoms with Gasteiger partial charge in [0.15, 0.2) is 0 Å². The highest BCUT2D eigenvalue weighted by atomic mass is 35.5. The topological polar surface area (TPSA) is 59.1 Å². The molecule has 5 heteroatoms. The maximum absolute atomic E-state index is 7.55. The molecule has 1 aromatic carbocycles. The summed E-state index contributed by atoms with van der Waals surface area (Å²) < 4.78 is 5.57. The molecule has 92 valence electrons. The highest BCUT2D eigenvalue weighted by molar-refractivity contribution is 7.99. The summed E-state index contributed by atoms with van der Waals surface area (Å²) in [5, 5.41) is 8.09. The van der Waals surface area contributed by atoms with E-state index in [0.717, 1.165) is 30.1 Å². The van der Waals surface area contributed by atoms with Crippen LogP contribution in [0.4, 0.5) is 0 Å². The lowest BCUT2D eigenvalue weighted by molar-refractivity contribution is 0.129. The fraction of sp³-hybridized carbons (Fsp3) is 0.417. The number of halogens is 1. The average molecular weight is 271 g/mol. The van der Waals surface area contributed by atoms with E-state index in [1.165, 1.54) is 0 Å². The van der Waals surface area contributed by atoms with E-state index in [9.17, 15) is 0 Å². The molecule has 1 unspecified atom stereocenters. The van der Waals surface area contributed by atoms with Crippen molar-refractivity contribution in [3.63, 3.8) is 0 Å². The summed E-state index contributed by atoms with van der Waals surface area (Å²) in [6, 6.07) is 5.59. The van der Waals surface area contributed by atoms with Gasteiger partial charge in [-0.1, -0.05) is 17.7 Å². The number of nitrogen functional groups attached to an aromatic ring is 1. The van der Waals surface area contributed by atoms with Crippen molar-refractivity contribution in [2.45, 2.75) is 23.8 Å². The minimum Gasteiger partial charge on any atom is -0.384 e. The van der Waals surface area contributed by atoms with Gasteiger partial charge in [0.05, 0.1) is 11.1 Å². The van der Waals surface area contributed by atoms with Gasteiger partial charge in [-0.25, -0.2) is 0 Å². The van der Waals surface area contributed by atoms with Crippen LogP contribution >= 0.6 is 23.4 Å². The lowest BCUT2D eigenvalue weighted by Gasteiger charge is -2.12. The second-order valence-corrected chi connectivity index (χ2v) is 5.44. The van der Waals surface area contributed by atoms with Crippen LogP contribution in [0, 0.1) is 5.41 Å². The van der Waals surface area contributed by atoms with Crippen molar-refractivity contribution in [3.05, 3.63) is 28.8 Å². The van der Waals surface area contributed by atoms with E-state index in [0.29, 0.717) is 16.7 Å². The van der Waals surface area contributed by atoms with Crippen LogP contribution in [0.15, 0.2) is 23.1 Å². The molecule has 0 aliphatic carbocycles. The zero-order valence-corrected chi connectivity index (χ0v) is 11.0. The van der Waals surface area contributed by atoms with Crippen LogP contribution in [-0.4, -0.2) is 24.3 Å². The number of nitrogens with two attached hydrogens (primary N) is 1. The zero-order chi connectivity index (χ0) is 12.3. The highest BCUT2D eigenvalue weighted by Gasteiger charge is 2.17. The third kappa shape index (κ3) is 3.15. The van der Waals surface area contributed by atoms with Crippen LogP contribution in [-0.2, 0) is 4.74 Å². The number of hydrogen-bond acceptors (Lipinski definition) is 3. The zero-order valence-electron chi connectivity index (χ0n) is 9.41. The van der Waals surface area contributed by atoms with Crippen molar-refractivity contribution in [1.29, 1.82) is 5.41 Å². The monoisotopic (exact) mass is 270 g/mol. The molecule has 0 saturated carbocycles. The van der Waals surface area contributed by atoms with Gasteiger partial charge in [0.1, 0.15) is 5.84 Å². The van der Waals surface area contributed by atoms with Gasteiger partial charge in [-0.05, 0) is 25.0 Å². The average Bonchev–Trinajstić information content (AvgIpc) is 2.78. The summed E-state index contributed by atoms with van der Waals surface area (Å²) in [6.07, 6.45) is 2.57. The van der Waals surface area contributed by atoms with Gasteiger partial charge in [-0.2, -0.15) is 0 Å². The van der Waals surface area contributed by atoms with Crippen LogP contribution < -0.4 is 5.73 Å². The molecule has 17 heavy (non-hydrogen) atoms. The van der Waals surface area contributed by atoms with E-state index >= 15 is 0 Å². The molecule has 1 fully saturated rings. The molecule has 1 atom stereocenters. The quantitative estimate of drug-likeness (QED) is 0.502. The van der Waals surface area contributed by atoms with E-state index in [1.807, 2.05) is 12.1 Å². The van der Waals surface area contributed by atoms with Crippen LogP contribution in [0.3, 0.4) is 0 Å². The predicted molar refractivity (Wildman–Crippen MR) is 72.2 cm³/mol. The van der Waals surface area contributed by atoms with Crippen molar-refractivity contribution < 1.29 is 4.74 Å². The fourth-order valence-corrected chi connectivity index (χ4v) is 3.34. The maximum atomic E-state index is 7.55. The van der Waals surface area contributed by atoms with E-state index in [4.69, 9.17) is 27.5 Å². The summed E-state index contributed by atoms with van der Waals surface area (Å²) in [4.78, 5) is 0.959. The third-order valence-electron chi connectivity index (χ3n) is 2.69. The number of nitrogens with one attached hydrogen (secondary N) is 1. The first-order valence-electron chi connectivity index (χ1n) is 5.56.